The molecule has 6 heteroatoms. The fraction of sp³-hybridized carbons (Fsp3) is 0.550. The number of rotatable bonds is 5. The summed E-state index contributed by atoms with van der Waals surface area (Å²) in [6.07, 6.45) is 0.853. The van der Waals surface area contributed by atoms with Crippen LogP contribution >= 0.6 is 0 Å². The third-order valence-electron chi connectivity index (χ3n) is 5.02. The van der Waals surface area contributed by atoms with E-state index in [0.29, 0.717) is 49.5 Å². The van der Waals surface area contributed by atoms with E-state index in [1.807, 2.05) is 43.9 Å². The summed E-state index contributed by atoms with van der Waals surface area (Å²) < 4.78 is 5.29. The third kappa shape index (κ3) is 4.12. The highest BCUT2D eigenvalue weighted by atomic mass is 16.5. The Hall–Kier alpha value is -2.21. The molecule has 1 aliphatic heterocycles. The normalized spacial score (nSPS) is 20.5. The number of hydrogen-bond donors (Lipinski definition) is 1. The lowest BCUT2D eigenvalue weighted by molar-refractivity contribution is -0.130. The molecule has 0 spiro atoms. The lowest BCUT2D eigenvalue weighted by Gasteiger charge is -2.16. The third-order valence-corrected chi connectivity index (χ3v) is 5.02. The molecule has 1 aliphatic rings. The standard InChI is InChI=1S/C20H28N4O2/c1-20(2,3)19-22-17(26-23-19)9-10-18(25)24-12-15(11-21)16(13-24)14-7-5-4-6-8-14/h4-8,15-16H,9-13,21H2,1-3H3/t15-,16+/m1/s1. The zero-order chi connectivity index (χ0) is 18.7. The minimum atomic E-state index is -0.155. The van der Waals surface area contributed by atoms with Gasteiger partial charge in [-0.25, -0.2) is 0 Å². The van der Waals surface area contributed by atoms with E-state index in [2.05, 4.69) is 22.3 Å². The van der Waals surface area contributed by atoms with E-state index in [4.69, 9.17) is 10.3 Å². The number of aromatic nitrogens is 2. The summed E-state index contributed by atoms with van der Waals surface area (Å²) in [7, 11) is 0. The second-order valence-electron chi connectivity index (χ2n) is 8.07. The lowest BCUT2D eigenvalue weighted by Crippen LogP contribution is -2.30. The van der Waals surface area contributed by atoms with Crippen molar-refractivity contribution in [3.63, 3.8) is 0 Å². The molecule has 2 N–H and O–H groups in total. The van der Waals surface area contributed by atoms with Gasteiger partial charge in [0.1, 0.15) is 0 Å². The number of carbonyl (C=O) groups excluding carboxylic acids is 1. The highest BCUT2D eigenvalue weighted by Gasteiger charge is 2.35. The summed E-state index contributed by atoms with van der Waals surface area (Å²) >= 11 is 0. The van der Waals surface area contributed by atoms with Crippen LogP contribution in [0.3, 0.4) is 0 Å². The predicted molar refractivity (Wildman–Crippen MR) is 99.6 cm³/mol. The van der Waals surface area contributed by atoms with Crippen molar-refractivity contribution in [1.29, 1.82) is 0 Å². The molecular formula is C20H28N4O2. The van der Waals surface area contributed by atoms with Crippen molar-refractivity contribution in [2.45, 2.75) is 44.9 Å². The van der Waals surface area contributed by atoms with E-state index in [1.165, 1.54) is 5.56 Å². The fourth-order valence-corrected chi connectivity index (χ4v) is 3.42. The van der Waals surface area contributed by atoms with Gasteiger partial charge in [-0.3, -0.25) is 4.79 Å². The van der Waals surface area contributed by atoms with Gasteiger partial charge in [-0.1, -0.05) is 56.3 Å². The summed E-state index contributed by atoms with van der Waals surface area (Å²) in [4.78, 5) is 19.0. The van der Waals surface area contributed by atoms with Crippen LogP contribution in [0.15, 0.2) is 34.9 Å². The van der Waals surface area contributed by atoms with Gasteiger partial charge >= 0.3 is 0 Å². The van der Waals surface area contributed by atoms with Crippen LogP contribution in [-0.2, 0) is 16.6 Å². The molecule has 1 fully saturated rings. The number of nitrogens with two attached hydrogens (primary N) is 1. The number of nitrogens with zero attached hydrogens (tertiary/aromatic N) is 3. The first-order chi connectivity index (χ1) is 12.4. The van der Waals surface area contributed by atoms with Gasteiger partial charge in [0.15, 0.2) is 5.82 Å². The van der Waals surface area contributed by atoms with Crippen molar-refractivity contribution in [1.82, 2.24) is 15.0 Å². The van der Waals surface area contributed by atoms with Crippen molar-refractivity contribution >= 4 is 5.91 Å². The smallest absolute Gasteiger partial charge is 0.227 e. The van der Waals surface area contributed by atoms with Gasteiger partial charge < -0.3 is 15.2 Å². The Morgan fingerprint density at radius 3 is 2.62 bits per heavy atom. The Balaban J connectivity index is 1.59. The average molecular weight is 356 g/mol. The van der Waals surface area contributed by atoms with Crippen LogP contribution in [0.4, 0.5) is 0 Å². The second kappa shape index (κ2) is 7.58. The van der Waals surface area contributed by atoms with E-state index in [0.717, 1.165) is 6.54 Å². The molecule has 2 heterocycles. The number of amides is 1. The molecule has 140 valence electrons. The molecule has 0 saturated carbocycles. The summed E-state index contributed by atoms with van der Waals surface area (Å²) in [6, 6.07) is 10.3. The number of benzene rings is 1. The van der Waals surface area contributed by atoms with Crippen molar-refractivity contribution in [2.24, 2.45) is 11.7 Å². The van der Waals surface area contributed by atoms with Crippen LogP contribution in [0.5, 0.6) is 0 Å². The first-order valence-corrected chi connectivity index (χ1v) is 9.24. The maximum Gasteiger partial charge on any atom is 0.227 e. The molecule has 0 radical (unpaired) electrons. The summed E-state index contributed by atoms with van der Waals surface area (Å²) in [5.74, 6) is 1.93. The molecule has 6 nitrogen and oxygen atoms in total. The van der Waals surface area contributed by atoms with Crippen molar-refractivity contribution in [3.05, 3.63) is 47.6 Å². The zero-order valence-corrected chi connectivity index (χ0v) is 15.8. The highest BCUT2D eigenvalue weighted by molar-refractivity contribution is 5.76. The minimum absolute atomic E-state index is 0.123. The van der Waals surface area contributed by atoms with Crippen molar-refractivity contribution in [2.75, 3.05) is 19.6 Å². The molecule has 0 unspecified atom stereocenters. The minimum Gasteiger partial charge on any atom is -0.342 e. The second-order valence-corrected chi connectivity index (χ2v) is 8.07. The molecule has 26 heavy (non-hydrogen) atoms. The quantitative estimate of drug-likeness (QED) is 0.890. The van der Waals surface area contributed by atoms with Gasteiger partial charge in [0.25, 0.3) is 0 Å². The van der Waals surface area contributed by atoms with Crippen LogP contribution < -0.4 is 5.73 Å². The molecule has 1 aromatic heterocycles. The Morgan fingerprint density at radius 1 is 1.27 bits per heavy atom. The molecule has 1 aromatic carbocycles. The maximum absolute atomic E-state index is 12.7. The molecule has 2 aromatic rings. The molecule has 0 bridgehead atoms. The zero-order valence-electron chi connectivity index (χ0n) is 15.8. The molecule has 1 saturated heterocycles. The van der Waals surface area contributed by atoms with Gasteiger partial charge in [0.2, 0.25) is 11.8 Å². The molecule has 1 amide bonds. The first kappa shape index (κ1) is 18.6. The molecule has 0 aliphatic carbocycles. The van der Waals surface area contributed by atoms with Crippen LogP contribution in [0.2, 0.25) is 0 Å². The van der Waals surface area contributed by atoms with Gasteiger partial charge in [-0.15, -0.1) is 0 Å². The maximum atomic E-state index is 12.7. The summed E-state index contributed by atoms with van der Waals surface area (Å²) in [6.45, 7) is 8.13. The molecule has 2 atom stereocenters. The van der Waals surface area contributed by atoms with Crippen LogP contribution in [-0.4, -0.2) is 40.6 Å². The SMILES string of the molecule is CC(C)(C)c1noc(CCC(=O)N2C[C@@H](CN)[C@H](c3ccccc3)C2)n1. The number of hydrogen-bond acceptors (Lipinski definition) is 5. The van der Waals surface area contributed by atoms with Gasteiger partial charge in [0, 0.05) is 37.3 Å². The Morgan fingerprint density at radius 2 is 2.00 bits per heavy atom. The van der Waals surface area contributed by atoms with Crippen LogP contribution in [0.25, 0.3) is 0 Å². The van der Waals surface area contributed by atoms with Crippen molar-refractivity contribution < 1.29 is 9.32 Å². The van der Waals surface area contributed by atoms with E-state index in [1.54, 1.807) is 0 Å². The predicted octanol–water partition coefficient (Wildman–Crippen LogP) is 2.50. The van der Waals surface area contributed by atoms with E-state index in [-0.39, 0.29) is 11.3 Å². The average Bonchev–Trinajstić information content (AvgIpc) is 3.27. The number of likely N-dealkylation sites (tertiary alicyclic amines) is 1. The molecule has 3 rings (SSSR count). The Kier molecular flexibility index (Phi) is 5.41. The largest absolute Gasteiger partial charge is 0.342 e. The summed E-state index contributed by atoms with van der Waals surface area (Å²) in [5, 5.41) is 4.01. The monoisotopic (exact) mass is 356 g/mol. The van der Waals surface area contributed by atoms with Gasteiger partial charge in [0.05, 0.1) is 0 Å². The molecular weight excluding hydrogens is 328 g/mol. The van der Waals surface area contributed by atoms with Crippen LogP contribution in [0.1, 0.15) is 50.4 Å². The number of aryl methyl sites for hydroxylation is 1. The Labute approximate surface area is 154 Å². The van der Waals surface area contributed by atoms with E-state index < -0.39 is 0 Å². The van der Waals surface area contributed by atoms with Crippen LogP contribution in [0, 0.1) is 5.92 Å². The van der Waals surface area contributed by atoms with Gasteiger partial charge in [-0.2, -0.15) is 4.98 Å². The Bertz CT molecular complexity index is 736. The van der Waals surface area contributed by atoms with Crippen molar-refractivity contribution in [3.8, 4) is 0 Å². The fourth-order valence-electron chi connectivity index (χ4n) is 3.42. The van der Waals surface area contributed by atoms with E-state index >= 15 is 0 Å². The van der Waals surface area contributed by atoms with E-state index in [9.17, 15) is 4.79 Å². The highest BCUT2D eigenvalue weighted by Crippen LogP contribution is 2.32. The summed E-state index contributed by atoms with van der Waals surface area (Å²) in [5.41, 5.74) is 7.06. The first-order valence-electron chi connectivity index (χ1n) is 9.24. The number of carbonyl (C=O) groups is 1. The lowest BCUT2D eigenvalue weighted by atomic mass is 9.89. The van der Waals surface area contributed by atoms with Gasteiger partial charge in [-0.05, 0) is 18.0 Å². The topological polar surface area (TPSA) is 85.2 Å².